The van der Waals surface area contributed by atoms with Gasteiger partial charge >= 0.3 is 0 Å². The van der Waals surface area contributed by atoms with E-state index in [9.17, 15) is 4.79 Å². The van der Waals surface area contributed by atoms with E-state index < -0.39 is 0 Å². The molecule has 1 amide bonds. The first-order valence-electron chi connectivity index (χ1n) is 17.7. The summed E-state index contributed by atoms with van der Waals surface area (Å²) in [5.74, 6) is 1.58. The first kappa shape index (κ1) is 35.2. The summed E-state index contributed by atoms with van der Waals surface area (Å²) in [6, 6.07) is 16.8. The van der Waals surface area contributed by atoms with Crippen molar-refractivity contribution in [3.05, 3.63) is 48.5 Å². The van der Waals surface area contributed by atoms with Crippen LogP contribution in [0.25, 0.3) is 0 Å². The second kappa shape index (κ2) is 17.9. The van der Waals surface area contributed by atoms with E-state index in [0.29, 0.717) is 12.6 Å². The number of hydrogen-bond acceptors (Lipinski definition) is 5. The van der Waals surface area contributed by atoms with Crippen molar-refractivity contribution < 1.29 is 9.53 Å². The normalized spacial score (nSPS) is 18.0. The topological polar surface area (TPSA) is 50.4 Å². The predicted molar refractivity (Wildman–Crippen MR) is 192 cm³/mol. The number of benzene rings is 2. The number of para-hydroxylation sites is 2. The van der Waals surface area contributed by atoms with Gasteiger partial charge in [-0.1, -0.05) is 138 Å². The van der Waals surface area contributed by atoms with Crippen molar-refractivity contribution in [1.29, 1.82) is 0 Å². The molecule has 0 spiro atoms. The standard InChI is InChI=1S/C38H58N2O2S2/c1-5-30(6-2)27-37(23-15-9-16-24-37)36(41)40-33-20-12-14-22-35(33)44-43-34-21-13-11-19-32(34)39-29-42-38(25-17-10-18-26-38)28-31(7-3)8-4/h11-14,19-22,30-31,39H,5-10,15-18,23-29H2,1-4H3,(H,40,41). The van der Waals surface area contributed by atoms with Crippen LogP contribution in [0.15, 0.2) is 58.3 Å². The van der Waals surface area contributed by atoms with Gasteiger partial charge in [-0.25, -0.2) is 0 Å². The van der Waals surface area contributed by atoms with Crippen LogP contribution in [0, 0.1) is 17.3 Å². The number of anilines is 2. The van der Waals surface area contributed by atoms with E-state index in [1.165, 1.54) is 62.7 Å². The van der Waals surface area contributed by atoms with E-state index in [1.807, 2.05) is 6.07 Å². The lowest BCUT2D eigenvalue weighted by Crippen LogP contribution is -2.39. The van der Waals surface area contributed by atoms with Crippen LogP contribution in [0.5, 0.6) is 0 Å². The van der Waals surface area contributed by atoms with Crippen molar-refractivity contribution in [3.63, 3.8) is 0 Å². The van der Waals surface area contributed by atoms with E-state index in [-0.39, 0.29) is 16.9 Å². The molecule has 6 heteroatoms. The molecule has 2 aromatic carbocycles. The molecule has 0 atom stereocenters. The summed E-state index contributed by atoms with van der Waals surface area (Å²) in [6.07, 6.45) is 18.8. The number of carbonyl (C=O) groups is 1. The minimum absolute atomic E-state index is 0.0138. The Hall–Kier alpha value is -1.63. The molecule has 0 unspecified atom stereocenters. The monoisotopic (exact) mass is 638 g/mol. The second-order valence-corrected chi connectivity index (χ2v) is 15.6. The quantitative estimate of drug-likeness (QED) is 0.133. The minimum atomic E-state index is -0.236. The highest BCUT2D eigenvalue weighted by Crippen LogP contribution is 2.47. The third-order valence-electron chi connectivity index (χ3n) is 10.6. The smallest absolute Gasteiger partial charge is 0.230 e. The molecule has 4 rings (SSSR count). The summed E-state index contributed by atoms with van der Waals surface area (Å²) in [7, 11) is 3.47. The molecule has 0 heterocycles. The maximum Gasteiger partial charge on any atom is 0.230 e. The molecule has 2 aromatic rings. The molecule has 0 aromatic heterocycles. The summed E-state index contributed by atoms with van der Waals surface area (Å²) < 4.78 is 6.73. The van der Waals surface area contributed by atoms with Crippen LogP contribution in [0.4, 0.5) is 11.4 Å². The van der Waals surface area contributed by atoms with E-state index in [4.69, 9.17) is 4.74 Å². The van der Waals surface area contributed by atoms with Crippen LogP contribution in [-0.4, -0.2) is 18.2 Å². The molecule has 2 aliphatic carbocycles. The maximum absolute atomic E-state index is 14.0. The Morgan fingerprint density at radius 2 is 1.20 bits per heavy atom. The summed E-state index contributed by atoms with van der Waals surface area (Å²) >= 11 is 0. The first-order chi connectivity index (χ1) is 21.5. The van der Waals surface area contributed by atoms with E-state index in [2.05, 4.69) is 80.8 Å². The number of rotatable bonds is 17. The third kappa shape index (κ3) is 9.69. The Labute approximate surface area is 276 Å². The Morgan fingerprint density at radius 1 is 0.705 bits per heavy atom. The van der Waals surface area contributed by atoms with Gasteiger partial charge in [0.15, 0.2) is 0 Å². The molecule has 0 radical (unpaired) electrons. The molecule has 0 bridgehead atoms. The molecule has 2 N–H and O–H groups in total. The van der Waals surface area contributed by atoms with Crippen molar-refractivity contribution in [2.45, 2.75) is 146 Å². The number of amides is 1. The van der Waals surface area contributed by atoms with Gasteiger partial charge in [0, 0.05) is 15.2 Å². The lowest BCUT2D eigenvalue weighted by molar-refractivity contribution is -0.128. The van der Waals surface area contributed by atoms with Crippen LogP contribution in [-0.2, 0) is 9.53 Å². The molecule has 2 fully saturated rings. The van der Waals surface area contributed by atoms with Gasteiger partial charge in [-0.2, -0.15) is 0 Å². The van der Waals surface area contributed by atoms with Crippen molar-refractivity contribution >= 4 is 38.9 Å². The molecule has 2 saturated carbocycles. The molecular formula is C38H58N2O2S2. The predicted octanol–water partition coefficient (Wildman–Crippen LogP) is 12.1. The van der Waals surface area contributed by atoms with Crippen LogP contribution in [0.3, 0.4) is 0 Å². The Bertz CT molecular complexity index is 1140. The van der Waals surface area contributed by atoms with E-state index >= 15 is 0 Å². The summed E-state index contributed by atoms with van der Waals surface area (Å²) in [6.45, 7) is 9.72. The molecule has 0 saturated heterocycles. The molecular weight excluding hydrogens is 581 g/mol. The van der Waals surface area contributed by atoms with Gasteiger partial charge in [-0.3, -0.25) is 4.79 Å². The largest absolute Gasteiger partial charge is 0.362 e. The second-order valence-electron chi connectivity index (χ2n) is 13.4. The van der Waals surface area contributed by atoms with Crippen molar-refractivity contribution in [2.24, 2.45) is 17.3 Å². The molecule has 44 heavy (non-hydrogen) atoms. The van der Waals surface area contributed by atoms with Gasteiger partial charge in [0.1, 0.15) is 6.73 Å². The van der Waals surface area contributed by atoms with Crippen molar-refractivity contribution in [1.82, 2.24) is 0 Å². The zero-order valence-electron chi connectivity index (χ0n) is 27.9. The average molecular weight is 639 g/mol. The van der Waals surface area contributed by atoms with Gasteiger partial charge in [-0.05, 0) is 74.6 Å². The summed E-state index contributed by atoms with van der Waals surface area (Å²) in [5, 5.41) is 7.05. The zero-order chi connectivity index (χ0) is 31.3. The van der Waals surface area contributed by atoms with Crippen molar-refractivity contribution in [3.8, 4) is 0 Å². The number of nitrogens with one attached hydrogen (secondary N) is 2. The number of carbonyl (C=O) groups excluding carboxylic acids is 1. The Balaban J connectivity index is 1.40. The fourth-order valence-electron chi connectivity index (χ4n) is 7.53. The van der Waals surface area contributed by atoms with Crippen LogP contribution in [0.1, 0.15) is 130 Å². The highest BCUT2D eigenvalue weighted by Gasteiger charge is 2.41. The highest BCUT2D eigenvalue weighted by molar-refractivity contribution is 8.76. The zero-order valence-corrected chi connectivity index (χ0v) is 29.6. The van der Waals surface area contributed by atoms with Gasteiger partial charge in [0.05, 0.1) is 17.0 Å². The fourth-order valence-corrected chi connectivity index (χ4v) is 9.83. The van der Waals surface area contributed by atoms with Gasteiger partial charge < -0.3 is 15.4 Å². The number of ether oxygens (including phenoxy) is 1. The summed E-state index contributed by atoms with van der Waals surface area (Å²) in [5.41, 5.74) is 1.81. The molecule has 244 valence electrons. The summed E-state index contributed by atoms with van der Waals surface area (Å²) in [4.78, 5) is 16.2. The first-order valence-corrected chi connectivity index (χ1v) is 19.8. The van der Waals surface area contributed by atoms with Crippen LogP contribution in [0.2, 0.25) is 0 Å². The maximum atomic E-state index is 14.0. The highest BCUT2D eigenvalue weighted by atomic mass is 33.1. The third-order valence-corrected chi connectivity index (χ3v) is 13.1. The SMILES string of the molecule is CCC(CC)CC1(OCNc2ccccc2SSc2ccccc2NC(=O)C2(CC(CC)CC)CCCCC2)CCCCC1. The van der Waals surface area contributed by atoms with Gasteiger partial charge in [0.25, 0.3) is 0 Å². The molecule has 4 nitrogen and oxygen atoms in total. The Morgan fingerprint density at radius 3 is 1.80 bits per heavy atom. The van der Waals surface area contributed by atoms with E-state index in [0.717, 1.165) is 67.1 Å². The van der Waals surface area contributed by atoms with E-state index in [1.54, 1.807) is 21.6 Å². The molecule has 2 aliphatic rings. The van der Waals surface area contributed by atoms with Crippen LogP contribution < -0.4 is 10.6 Å². The molecule has 0 aliphatic heterocycles. The fraction of sp³-hybridized carbons (Fsp3) is 0.658. The number of hydrogen-bond donors (Lipinski definition) is 2. The lowest BCUT2D eigenvalue weighted by atomic mass is 9.67. The average Bonchev–Trinajstić information content (AvgIpc) is 3.07. The minimum Gasteiger partial charge on any atom is -0.362 e. The lowest BCUT2D eigenvalue weighted by Gasteiger charge is -2.39. The van der Waals surface area contributed by atoms with Gasteiger partial charge in [0.2, 0.25) is 5.91 Å². The van der Waals surface area contributed by atoms with Crippen LogP contribution >= 0.6 is 21.6 Å². The van der Waals surface area contributed by atoms with Crippen molar-refractivity contribution in [2.75, 3.05) is 17.4 Å². The Kier molecular flexibility index (Phi) is 14.3. The van der Waals surface area contributed by atoms with Gasteiger partial charge in [-0.15, -0.1) is 0 Å².